The minimum absolute atomic E-state index is 0.0106. The molecule has 1 aromatic carbocycles. The number of benzene rings is 1. The van der Waals surface area contributed by atoms with Gasteiger partial charge in [-0.3, -0.25) is 14.6 Å². The fourth-order valence-electron chi connectivity index (χ4n) is 6.82. The third kappa shape index (κ3) is 7.94. The lowest BCUT2D eigenvalue weighted by molar-refractivity contribution is -0.0504. The Morgan fingerprint density at radius 3 is 2.43 bits per heavy atom. The summed E-state index contributed by atoms with van der Waals surface area (Å²) in [6.45, 7) is 4.04. The Kier molecular flexibility index (Phi) is 9.59. The first-order valence-electron chi connectivity index (χ1n) is 14.2. The van der Waals surface area contributed by atoms with Gasteiger partial charge >= 0.3 is 0 Å². The average Bonchev–Trinajstić information content (AvgIpc) is 3.08. The van der Waals surface area contributed by atoms with E-state index in [0.717, 1.165) is 39.0 Å². The molecule has 2 aliphatic heterocycles. The molecule has 2 heterocycles. The Morgan fingerprint density at radius 1 is 1.14 bits per heavy atom. The molecule has 2 saturated heterocycles. The average molecular weight is 521 g/mol. The molecular formula is C29H46F2N4O2. The number of carbonyl (C=O) groups is 1. The second kappa shape index (κ2) is 12.5. The number of halogens is 2. The van der Waals surface area contributed by atoms with Gasteiger partial charge in [0.25, 0.3) is 0 Å². The molecular weight excluding hydrogens is 474 g/mol. The normalized spacial score (nSPS) is 27.2. The van der Waals surface area contributed by atoms with Gasteiger partial charge in [-0.15, -0.1) is 0 Å². The number of nitrogens with zero attached hydrogens (tertiary/aromatic N) is 3. The van der Waals surface area contributed by atoms with Crippen LogP contribution >= 0.6 is 0 Å². The standard InChI is InChI=1S/C29H46F2N4O2/c1-33(2)13-10-27(36)20-34(19-21-8-11-29(30,31)12-9-21)14-15-35-25-6-7-26(35)18-24(17-25)22-4-3-5-23(16-22)28(32)37/h3-5,16,21,24-27,36H,6-15,17-20H2,1-2H3,(H2,32,37)/t24?,25-,26+,27-/m0/s1. The highest BCUT2D eigenvalue weighted by Crippen LogP contribution is 2.43. The maximum atomic E-state index is 13.7. The predicted octanol–water partition coefficient (Wildman–Crippen LogP) is 3.94. The van der Waals surface area contributed by atoms with Crippen LogP contribution in [0.15, 0.2) is 24.3 Å². The summed E-state index contributed by atoms with van der Waals surface area (Å²) in [6, 6.07) is 8.85. The third-order valence-electron chi connectivity index (χ3n) is 8.93. The molecule has 8 heteroatoms. The molecule has 208 valence electrons. The van der Waals surface area contributed by atoms with E-state index in [0.29, 0.717) is 49.4 Å². The first-order chi connectivity index (χ1) is 17.6. The number of fused-ring (bicyclic) bond motifs is 2. The molecule has 0 spiro atoms. The molecule has 4 atom stereocenters. The van der Waals surface area contributed by atoms with E-state index in [1.54, 1.807) is 6.07 Å². The van der Waals surface area contributed by atoms with Gasteiger partial charge in [0.15, 0.2) is 0 Å². The van der Waals surface area contributed by atoms with Crippen LogP contribution in [0, 0.1) is 5.92 Å². The summed E-state index contributed by atoms with van der Waals surface area (Å²) < 4.78 is 27.4. The second-order valence-corrected chi connectivity index (χ2v) is 12.1. The van der Waals surface area contributed by atoms with Gasteiger partial charge in [-0.2, -0.15) is 0 Å². The molecule has 3 N–H and O–H groups in total. The van der Waals surface area contributed by atoms with Crippen molar-refractivity contribution in [2.24, 2.45) is 11.7 Å². The number of nitrogens with two attached hydrogens (primary N) is 1. The lowest BCUT2D eigenvalue weighted by Gasteiger charge is -2.41. The maximum absolute atomic E-state index is 13.7. The van der Waals surface area contributed by atoms with Gasteiger partial charge in [0.1, 0.15) is 0 Å². The van der Waals surface area contributed by atoms with Gasteiger partial charge in [0, 0.05) is 63.2 Å². The van der Waals surface area contributed by atoms with Crippen molar-refractivity contribution in [1.29, 1.82) is 0 Å². The van der Waals surface area contributed by atoms with Gasteiger partial charge in [0.05, 0.1) is 6.10 Å². The lowest BCUT2D eigenvalue weighted by atomic mass is 9.84. The van der Waals surface area contributed by atoms with Crippen molar-refractivity contribution in [3.05, 3.63) is 35.4 Å². The van der Waals surface area contributed by atoms with E-state index in [1.807, 2.05) is 26.2 Å². The minimum Gasteiger partial charge on any atom is -0.392 e. The van der Waals surface area contributed by atoms with E-state index >= 15 is 0 Å². The summed E-state index contributed by atoms with van der Waals surface area (Å²) >= 11 is 0. The molecule has 1 aliphatic carbocycles. The van der Waals surface area contributed by atoms with E-state index < -0.39 is 12.0 Å². The lowest BCUT2D eigenvalue weighted by Crippen LogP contribution is -2.48. The number of rotatable bonds is 12. The molecule has 1 amide bonds. The molecule has 1 aromatic rings. The van der Waals surface area contributed by atoms with E-state index in [4.69, 9.17) is 5.73 Å². The van der Waals surface area contributed by atoms with E-state index in [-0.39, 0.29) is 24.7 Å². The number of piperidine rings is 1. The Morgan fingerprint density at radius 2 is 1.81 bits per heavy atom. The molecule has 0 aromatic heterocycles. The van der Waals surface area contributed by atoms with Gasteiger partial charge < -0.3 is 15.7 Å². The first-order valence-corrected chi connectivity index (χ1v) is 14.2. The fraction of sp³-hybridized carbons (Fsp3) is 0.759. The number of alkyl halides is 2. The summed E-state index contributed by atoms with van der Waals surface area (Å²) in [5, 5.41) is 10.7. The smallest absolute Gasteiger partial charge is 0.248 e. The topological polar surface area (TPSA) is 73.0 Å². The number of hydrogen-bond acceptors (Lipinski definition) is 5. The Bertz CT molecular complexity index is 874. The predicted molar refractivity (Wildman–Crippen MR) is 143 cm³/mol. The van der Waals surface area contributed by atoms with E-state index in [1.165, 1.54) is 18.4 Å². The molecule has 0 radical (unpaired) electrons. The summed E-state index contributed by atoms with van der Waals surface area (Å²) in [4.78, 5) is 18.7. The van der Waals surface area contributed by atoms with Crippen LogP contribution in [0.3, 0.4) is 0 Å². The number of primary amides is 1. The highest BCUT2D eigenvalue weighted by atomic mass is 19.3. The van der Waals surface area contributed by atoms with Gasteiger partial charge in [-0.05, 0) is 88.6 Å². The highest BCUT2D eigenvalue weighted by Gasteiger charge is 2.41. The van der Waals surface area contributed by atoms with E-state index in [2.05, 4.69) is 20.8 Å². The molecule has 1 unspecified atom stereocenters. The van der Waals surface area contributed by atoms with Crippen molar-refractivity contribution >= 4 is 5.91 Å². The molecule has 2 bridgehead atoms. The summed E-state index contributed by atoms with van der Waals surface area (Å²) in [5.41, 5.74) is 7.30. The van der Waals surface area contributed by atoms with Crippen LogP contribution < -0.4 is 5.73 Å². The van der Waals surface area contributed by atoms with Crippen molar-refractivity contribution in [2.75, 3.05) is 46.8 Å². The number of amides is 1. The van der Waals surface area contributed by atoms with Crippen LogP contribution in [0.4, 0.5) is 8.78 Å². The molecule has 6 nitrogen and oxygen atoms in total. The summed E-state index contributed by atoms with van der Waals surface area (Å²) in [5.74, 6) is -2.16. The third-order valence-corrected chi connectivity index (χ3v) is 8.93. The summed E-state index contributed by atoms with van der Waals surface area (Å²) in [6.07, 6.45) is 5.98. The second-order valence-electron chi connectivity index (χ2n) is 12.1. The Labute approximate surface area is 221 Å². The summed E-state index contributed by atoms with van der Waals surface area (Å²) in [7, 11) is 4.02. The van der Waals surface area contributed by atoms with Crippen LogP contribution in [0.2, 0.25) is 0 Å². The molecule has 1 saturated carbocycles. The fourth-order valence-corrected chi connectivity index (χ4v) is 6.82. The minimum atomic E-state index is -2.51. The van der Waals surface area contributed by atoms with Crippen molar-refractivity contribution in [3.63, 3.8) is 0 Å². The van der Waals surface area contributed by atoms with Crippen LogP contribution in [0.1, 0.15) is 79.6 Å². The zero-order valence-corrected chi connectivity index (χ0v) is 22.6. The molecule has 3 fully saturated rings. The monoisotopic (exact) mass is 520 g/mol. The van der Waals surface area contributed by atoms with Crippen molar-refractivity contribution < 1.29 is 18.7 Å². The number of aliphatic hydroxyl groups is 1. The molecule has 3 aliphatic rings. The zero-order valence-electron chi connectivity index (χ0n) is 22.6. The quantitative estimate of drug-likeness (QED) is 0.437. The van der Waals surface area contributed by atoms with Gasteiger partial charge in [0.2, 0.25) is 11.8 Å². The number of carbonyl (C=O) groups excluding carboxylic acids is 1. The Hall–Kier alpha value is -1.61. The zero-order chi connectivity index (χ0) is 26.6. The van der Waals surface area contributed by atoms with Crippen molar-refractivity contribution in [1.82, 2.24) is 14.7 Å². The Balaban J connectivity index is 1.34. The highest BCUT2D eigenvalue weighted by molar-refractivity contribution is 5.92. The number of aliphatic hydroxyl groups excluding tert-OH is 1. The SMILES string of the molecule is CN(C)CC[C@H](O)CN(CCN1[C@@H]2CC[C@H]1CC(c1cccc(C(N)=O)c1)C2)CC1CCC(F)(F)CC1. The van der Waals surface area contributed by atoms with Crippen molar-refractivity contribution in [3.8, 4) is 0 Å². The van der Waals surface area contributed by atoms with Gasteiger partial charge in [-0.25, -0.2) is 8.78 Å². The van der Waals surface area contributed by atoms with Crippen molar-refractivity contribution in [2.45, 2.75) is 87.8 Å². The maximum Gasteiger partial charge on any atom is 0.248 e. The van der Waals surface area contributed by atoms with Gasteiger partial charge in [-0.1, -0.05) is 12.1 Å². The molecule has 4 rings (SSSR count). The van der Waals surface area contributed by atoms with Crippen LogP contribution in [0.5, 0.6) is 0 Å². The van der Waals surface area contributed by atoms with E-state index in [9.17, 15) is 18.7 Å². The van der Waals surface area contributed by atoms with Crippen LogP contribution in [-0.2, 0) is 0 Å². The number of hydrogen-bond donors (Lipinski definition) is 2. The first kappa shape index (κ1) is 28.4. The largest absolute Gasteiger partial charge is 0.392 e. The van der Waals surface area contributed by atoms with Crippen LogP contribution in [0.25, 0.3) is 0 Å². The van der Waals surface area contributed by atoms with Crippen LogP contribution in [-0.4, -0.2) is 96.6 Å². The molecule has 37 heavy (non-hydrogen) atoms.